The van der Waals surface area contributed by atoms with E-state index in [-0.39, 0.29) is 11.9 Å². The molecule has 2 heterocycles. The molecule has 1 unspecified atom stereocenters. The van der Waals surface area contributed by atoms with Gasteiger partial charge in [-0.1, -0.05) is 64.0 Å². The largest absolute Gasteiger partial charge is 0.356 e. The Morgan fingerprint density at radius 1 is 1.00 bits per heavy atom. The minimum absolute atomic E-state index is 0.0624. The van der Waals surface area contributed by atoms with E-state index in [1.807, 2.05) is 29.2 Å². The molecule has 0 aliphatic carbocycles. The molecular formula is C25H21BrN2O. The van der Waals surface area contributed by atoms with Gasteiger partial charge in [-0.2, -0.15) is 0 Å². The molecular weight excluding hydrogens is 424 g/mol. The van der Waals surface area contributed by atoms with Gasteiger partial charge in [0.05, 0.1) is 6.04 Å². The van der Waals surface area contributed by atoms with Crippen molar-refractivity contribution in [3.63, 3.8) is 0 Å². The van der Waals surface area contributed by atoms with Gasteiger partial charge in [-0.3, -0.25) is 4.79 Å². The number of aromatic nitrogens is 1. The minimum Gasteiger partial charge on any atom is -0.356 e. The lowest BCUT2D eigenvalue weighted by Gasteiger charge is -2.36. The average Bonchev–Trinajstić information content (AvgIpc) is 3.12. The molecule has 0 spiro atoms. The van der Waals surface area contributed by atoms with Crippen LogP contribution in [0.15, 0.2) is 77.3 Å². The van der Waals surface area contributed by atoms with Crippen LogP contribution in [-0.4, -0.2) is 22.3 Å². The molecule has 3 aromatic carbocycles. The van der Waals surface area contributed by atoms with E-state index < -0.39 is 0 Å². The maximum atomic E-state index is 13.5. The summed E-state index contributed by atoms with van der Waals surface area (Å²) in [5.74, 6) is 0.0624. The van der Waals surface area contributed by atoms with Gasteiger partial charge in [0, 0.05) is 33.2 Å². The van der Waals surface area contributed by atoms with E-state index in [1.54, 1.807) is 0 Å². The average molecular weight is 445 g/mol. The molecule has 4 heteroatoms. The highest BCUT2D eigenvalue weighted by Gasteiger charge is 2.34. The van der Waals surface area contributed by atoms with Crippen molar-refractivity contribution in [3.05, 3.63) is 105 Å². The fourth-order valence-electron chi connectivity index (χ4n) is 4.31. The second kappa shape index (κ2) is 7.20. The molecule has 1 aliphatic heterocycles. The van der Waals surface area contributed by atoms with Crippen LogP contribution in [0.1, 0.15) is 38.8 Å². The van der Waals surface area contributed by atoms with Crippen LogP contribution >= 0.6 is 15.9 Å². The van der Waals surface area contributed by atoms with Crippen molar-refractivity contribution in [1.29, 1.82) is 0 Å². The number of aromatic amines is 1. The highest BCUT2D eigenvalue weighted by Crippen LogP contribution is 2.39. The number of carbonyl (C=O) groups excluding carboxylic acids is 1. The van der Waals surface area contributed by atoms with Crippen LogP contribution in [0.5, 0.6) is 0 Å². The zero-order chi connectivity index (χ0) is 20.0. The standard InChI is InChI=1S/C25H21BrN2O/c1-16-6-8-17(9-7-16)24-23-21(20-4-2-3-5-22(20)27-23)14-15-28(24)25(29)18-10-12-19(26)13-11-18/h2-13,24,27H,14-15H2,1H3. The van der Waals surface area contributed by atoms with Crippen molar-refractivity contribution >= 4 is 32.7 Å². The first-order valence-electron chi connectivity index (χ1n) is 9.84. The highest BCUT2D eigenvalue weighted by molar-refractivity contribution is 9.10. The lowest BCUT2D eigenvalue weighted by molar-refractivity contribution is 0.0692. The van der Waals surface area contributed by atoms with Crippen molar-refractivity contribution in [2.75, 3.05) is 6.54 Å². The maximum absolute atomic E-state index is 13.5. The van der Waals surface area contributed by atoms with E-state index in [9.17, 15) is 4.79 Å². The van der Waals surface area contributed by atoms with Gasteiger partial charge in [0.25, 0.3) is 5.91 Å². The topological polar surface area (TPSA) is 36.1 Å². The van der Waals surface area contributed by atoms with Gasteiger partial charge in [-0.05, 0) is 54.8 Å². The molecule has 5 rings (SSSR count). The quantitative estimate of drug-likeness (QED) is 0.402. The van der Waals surface area contributed by atoms with E-state index in [2.05, 4.69) is 76.4 Å². The second-order valence-electron chi connectivity index (χ2n) is 7.63. The molecule has 0 saturated carbocycles. The molecule has 0 bridgehead atoms. The Hall–Kier alpha value is -2.85. The number of nitrogens with one attached hydrogen (secondary N) is 1. The predicted octanol–water partition coefficient (Wildman–Crippen LogP) is 6.03. The normalized spacial score (nSPS) is 16.1. The van der Waals surface area contributed by atoms with Gasteiger partial charge in [-0.15, -0.1) is 0 Å². The molecule has 144 valence electrons. The van der Waals surface area contributed by atoms with Gasteiger partial charge in [0.15, 0.2) is 0 Å². The Morgan fingerprint density at radius 3 is 2.48 bits per heavy atom. The van der Waals surface area contributed by atoms with Crippen LogP contribution in [0.4, 0.5) is 0 Å². The molecule has 0 saturated heterocycles. The van der Waals surface area contributed by atoms with Gasteiger partial charge < -0.3 is 9.88 Å². The van der Waals surface area contributed by atoms with Crippen LogP contribution < -0.4 is 0 Å². The molecule has 1 aliphatic rings. The third-order valence-corrected chi connectivity index (χ3v) is 6.31. The Balaban J connectivity index is 1.65. The first-order valence-corrected chi connectivity index (χ1v) is 10.6. The minimum atomic E-state index is -0.122. The zero-order valence-electron chi connectivity index (χ0n) is 16.2. The van der Waals surface area contributed by atoms with E-state index in [0.29, 0.717) is 12.1 Å². The lowest BCUT2D eigenvalue weighted by Crippen LogP contribution is -2.40. The summed E-state index contributed by atoms with van der Waals surface area (Å²) in [6.45, 7) is 2.78. The number of rotatable bonds is 2. The maximum Gasteiger partial charge on any atom is 0.254 e. The summed E-state index contributed by atoms with van der Waals surface area (Å²) >= 11 is 3.46. The third-order valence-electron chi connectivity index (χ3n) is 5.78. The highest BCUT2D eigenvalue weighted by atomic mass is 79.9. The summed E-state index contributed by atoms with van der Waals surface area (Å²) in [4.78, 5) is 19.1. The second-order valence-corrected chi connectivity index (χ2v) is 8.55. The number of hydrogen-bond acceptors (Lipinski definition) is 1. The number of halogens is 1. The Kier molecular flexibility index (Phi) is 4.51. The van der Waals surface area contributed by atoms with Gasteiger partial charge in [0.2, 0.25) is 0 Å². The number of para-hydroxylation sites is 1. The number of nitrogens with zero attached hydrogens (tertiary/aromatic N) is 1. The van der Waals surface area contributed by atoms with Crippen LogP contribution in [0, 0.1) is 6.92 Å². The third kappa shape index (κ3) is 3.18. The SMILES string of the molecule is Cc1ccc(C2c3[nH]c4ccccc4c3CCN2C(=O)c2ccc(Br)cc2)cc1. The molecule has 0 fully saturated rings. The number of aryl methyl sites for hydroxylation is 1. The summed E-state index contributed by atoms with van der Waals surface area (Å²) in [6, 6.07) is 24.4. The van der Waals surface area contributed by atoms with Crippen LogP contribution in [0.2, 0.25) is 0 Å². The van der Waals surface area contributed by atoms with E-state index >= 15 is 0 Å². The number of carbonyl (C=O) groups is 1. The van der Waals surface area contributed by atoms with E-state index in [0.717, 1.165) is 27.7 Å². The fraction of sp³-hybridized carbons (Fsp3) is 0.160. The molecule has 3 nitrogen and oxygen atoms in total. The number of H-pyrrole nitrogens is 1. The fourth-order valence-corrected chi connectivity index (χ4v) is 4.58. The summed E-state index contributed by atoms with van der Waals surface area (Å²) in [5.41, 5.74) is 6.65. The Bertz CT molecular complexity index is 1190. The molecule has 29 heavy (non-hydrogen) atoms. The van der Waals surface area contributed by atoms with Crippen molar-refractivity contribution < 1.29 is 4.79 Å². The Morgan fingerprint density at radius 2 is 1.72 bits per heavy atom. The summed E-state index contributed by atoms with van der Waals surface area (Å²) in [5, 5.41) is 1.26. The van der Waals surface area contributed by atoms with Crippen LogP contribution in [-0.2, 0) is 6.42 Å². The number of amides is 1. The van der Waals surface area contributed by atoms with Crippen LogP contribution in [0.25, 0.3) is 10.9 Å². The zero-order valence-corrected chi connectivity index (χ0v) is 17.7. The summed E-state index contributed by atoms with van der Waals surface area (Å²) < 4.78 is 0.973. The first-order chi connectivity index (χ1) is 14.1. The Labute approximate surface area is 178 Å². The van der Waals surface area contributed by atoms with Crippen LogP contribution in [0.3, 0.4) is 0 Å². The molecule has 1 N–H and O–H groups in total. The van der Waals surface area contributed by atoms with E-state index in [1.165, 1.54) is 16.5 Å². The van der Waals surface area contributed by atoms with Crippen molar-refractivity contribution in [2.45, 2.75) is 19.4 Å². The smallest absolute Gasteiger partial charge is 0.254 e. The molecule has 1 atom stereocenters. The van der Waals surface area contributed by atoms with Gasteiger partial charge in [-0.25, -0.2) is 0 Å². The summed E-state index contributed by atoms with van der Waals surface area (Å²) in [7, 11) is 0. The first kappa shape index (κ1) is 18.2. The molecule has 1 amide bonds. The van der Waals surface area contributed by atoms with Crippen molar-refractivity contribution in [1.82, 2.24) is 9.88 Å². The lowest BCUT2D eigenvalue weighted by atomic mass is 9.91. The monoisotopic (exact) mass is 444 g/mol. The predicted molar refractivity (Wildman–Crippen MR) is 120 cm³/mol. The molecule has 4 aromatic rings. The molecule has 0 radical (unpaired) electrons. The van der Waals surface area contributed by atoms with Gasteiger partial charge in [0.1, 0.15) is 0 Å². The van der Waals surface area contributed by atoms with Gasteiger partial charge >= 0.3 is 0 Å². The number of benzene rings is 3. The van der Waals surface area contributed by atoms with E-state index in [4.69, 9.17) is 0 Å². The van der Waals surface area contributed by atoms with Crippen molar-refractivity contribution in [3.8, 4) is 0 Å². The van der Waals surface area contributed by atoms with Crippen molar-refractivity contribution in [2.24, 2.45) is 0 Å². The summed E-state index contributed by atoms with van der Waals surface area (Å²) in [6.07, 6.45) is 0.851. The number of fused-ring (bicyclic) bond motifs is 3. The number of hydrogen-bond donors (Lipinski definition) is 1. The molecule has 1 aromatic heterocycles.